The number of thiophene rings is 1. The van der Waals surface area contributed by atoms with Gasteiger partial charge in [-0.3, -0.25) is 0 Å². The van der Waals surface area contributed by atoms with Crippen LogP contribution in [0.15, 0.2) is 36.7 Å². The minimum absolute atomic E-state index is 0.131. The van der Waals surface area contributed by atoms with Crippen LogP contribution in [0.1, 0.15) is 49.7 Å². The van der Waals surface area contributed by atoms with Gasteiger partial charge in [0, 0.05) is 17.5 Å². The van der Waals surface area contributed by atoms with Gasteiger partial charge in [-0.2, -0.15) is 0 Å². The van der Waals surface area contributed by atoms with Crippen LogP contribution in [0.2, 0.25) is 0 Å². The van der Waals surface area contributed by atoms with Crippen LogP contribution in [0.25, 0.3) is 10.2 Å². The number of amides is 1. The second kappa shape index (κ2) is 7.63. The predicted octanol–water partition coefficient (Wildman–Crippen LogP) is 5.16. The molecule has 2 aromatic heterocycles. The molecule has 1 atom stereocenters. The minimum Gasteiger partial charge on any atom is -0.444 e. The molecule has 3 aromatic rings. The Kier molecular flexibility index (Phi) is 5.17. The highest BCUT2D eigenvalue weighted by atomic mass is 32.1. The summed E-state index contributed by atoms with van der Waals surface area (Å²) in [5.41, 5.74) is 1.96. The van der Waals surface area contributed by atoms with E-state index in [0.29, 0.717) is 13.1 Å². The second-order valence-corrected chi connectivity index (χ2v) is 9.42. The van der Waals surface area contributed by atoms with Gasteiger partial charge in [0.15, 0.2) is 0 Å². The summed E-state index contributed by atoms with van der Waals surface area (Å²) >= 11 is 1.64. The molecule has 152 valence electrons. The Morgan fingerprint density at radius 3 is 2.72 bits per heavy atom. The molecule has 1 amide bonds. The van der Waals surface area contributed by atoms with E-state index >= 15 is 0 Å². The van der Waals surface area contributed by atoms with E-state index in [1.165, 1.54) is 11.1 Å². The molecule has 1 aromatic carbocycles. The van der Waals surface area contributed by atoms with E-state index < -0.39 is 5.60 Å². The van der Waals surface area contributed by atoms with E-state index in [9.17, 15) is 4.79 Å². The van der Waals surface area contributed by atoms with Gasteiger partial charge in [-0.25, -0.2) is 14.8 Å². The highest BCUT2D eigenvalue weighted by Gasteiger charge is 2.29. The number of rotatable bonds is 3. The summed E-state index contributed by atoms with van der Waals surface area (Å²) in [6.07, 6.45) is 2.12. The van der Waals surface area contributed by atoms with Crippen molar-refractivity contribution in [2.45, 2.75) is 52.3 Å². The van der Waals surface area contributed by atoms with Crippen LogP contribution < -0.4 is 5.32 Å². The lowest BCUT2D eigenvalue weighted by molar-refractivity contribution is 0.0227. The van der Waals surface area contributed by atoms with Crippen molar-refractivity contribution >= 4 is 33.5 Å². The summed E-state index contributed by atoms with van der Waals surface area (Å²) in [7, 11) is 0. The molecule has 0 unspecified atom stereocenters. The van der Waals surface area contributed by atoms with Gasteiger partial charge in [-0.1, -0.05) is 30.3 Å². The van der Waals surface area contributed by atoms with E-state index in [2.05, 4.69) is 34.3 Å². The Hall–Kier alpha value is -2.67. The van der Waals surface area contributed by atoms with E-state index in [4.69, 9.17) is 4.74 Å². The van der Waals surface area contributed by atoms with E-state index in [1.807, 2.05) is 39.0 Å². The van der Waals surface area contributed by atoms with Crippen LogP contribution in [0.4, 0.5) is 10.6 Å². The minimum atomic E-state index is -0.492. The third kappa shape index (κ3) is 4.19. The number of hydrogen-bond acceptors (Lipinski definition) is 6. The van der Waals surface area contributed by atoms with Gasteiger partial charge in [0.1, 0.15) is 22.6 Å². The molecule has 1 aliphatic heterocycles. The zero-order valence-corrected chi connectivity index (χ0v) is 18.0. The summed E-state index contributed by atoms with van der Waals surface area (Å²) in [5, 5.41) is 4.64. The molecular formula is C22H26N4O2S. The highest BCUT2D eigenvalue weighted by molar-refractivity contribution is 7.19. The molecular weight excluding hydrogens is 384 g/mol. The number of nitrogens with one attached hydrogen (secondary N) is 1. The topological polar surface area (TPSA) is 67.4 Å². The molecule has 29 heavy (non-hydrogen) atoms. The number of aromatic nitrogens is 2. The van der Waals surface area contributed by atoms with Gasteiger partial charge in [0.2, 0.25) is 0 Å². The number of hydrogen-bond donors (Lipinski definition) is 1. The molecule has 6 nitrogen and oxygen atoms in total. The fraction of sp³-hybridized carbons (Fsp3) is 0.409. The second-order valence-electron chi connectivity index (χ2n) is 8.33. The van der Waals surface area contributed by atoms with E-state index in [1.54, 1.807) is 22.6 Å². The summed E-state index contributed by atoms with van der Waals surface area (Å²) in [5.74, 6) is 0.856. The van der Waals surface area contributed by atoms with Crippen molar-refractivity contribution in [3.05, 3.63) is 52.7 Å². The first kappa shape index (κ1) is 19.6. The van der Waals surface area contributed by atoms with Crippen LogP contribution in [-0.4, -0.2) is 33.1 Å². The Morgan fingerprint density at radius 1 is 1.24 bits per heavy atom. The van der Waals surface area contributed by atoms with Crippen molar-refractivity contribution in [3.63, 3.8) is 0 Å². The molecule has 1 aliphatic rings. The summed E-state index contributed by atoms with van der Waals surface area (Å²) in [4.78, 5) is 25.4. The van der Waals surface area contributed by atoms with Gasteiger partial charge < -0.3 is 15.0 Å². The third-order valence-corrected chi connectivity index (χ3v) is 6.07. The number of benzene rings is 1. The van der Waals surface area contributed by atoms with Crippen LogP contribution in [0.5, 0.6) is 0 Å². The number of carbonyl (C=O) groups is 1. The van der Waals surface area contributed by atoms with Gasteiger partial charge in [0.25, 0.3) is 0 Å². The number of fused-ring (bicyclic) bond motifs is 3. The maximum atomic E-state index is 12.5. The molecule has 0 spiro atoms. The van der Waals surface area contributed by atoms with Crippen LogP contribution in [0.3, 0.4) is 0 Å². The highest BCUT2D eigenvalue weighted by Crippen LogP contribution is 2.38. The lowest BCUT2D eigenvalue weighted by Gasteiger charge is -2.30. The average Bonchev–Trinajstić information content (AvgIpc) is 3.06. The molecule has 0 saturated heterocycles. The normalized spacial score (nSPS) is 15.1. The van der Waals surface area contributed by atoms with E-state index in [0.717, 1.165) is 27.3 Å². The summed E-state index contributed by atoms with van der Waals surface area (Å²) in [6.45, 7) is 8.99. The third-order valence-electron chi connectivity index (χ3n) is 4.94. The number of anilines is 1. The van der Waals surface area contributed by atoms with Crippen molar-refractivity contribution in [2.75, 3.05) is 11.9 Å². The van der Waals surface area contributed by atoms with Gasteiger partial charge in [-0.05, 0) is 45.2 Å². The number of carbonyl (C=O) groups excluding carboxylic acids is 1. The molecule has 0 saturated carbocycles. The fourth-order valence-corrected chi connectivity index (χ4v) is 4.75. The molecule has 0 aliphatic carbocycles. The molecule has 4 rings (SSSR count). The van der Waals surface area contributed by atoms with Crippen LogP contribution in [-0.2, 0) is 17.7 Å². The van der Waals surface area contributed by atoms with Crippen LogP contribution >= 0.6 is 11.3 Å². The standard InChI is InChI=1S/C22H26N4O2S/c1-14(15-8-6-5-7-9-15)25-19-18-16-10-11-26(21(27)28-22(2,3)4)12-17(16)29-20(18)24-13-23-19/h5-9,13-14H,10-12H2,1-4H3,(H,23,24,25)/t14-/m1/s1. The van der Waals surface area contributed by atoms with Crippen LogP contribution in [0, 0.1) is 0 Å². The van der Waals surface area contributed by atoms with Crippen molar-refractivity contribution < 1.29 is 9.53 Å². The predicted molar refractivity (Wildman–Crippen MR) is 116 cm³/mol. The number of nitrogens with zero attached hydrogens (tertiary/aromatic N) is 3. The Balaban J connectivity index is 1.60. The molecule has 0 radical (unpaired) electrons. The van der Waals surface area contributed by atoms with Crippen molar-refractivity contribution in [2.24, 2.45) is 0 Å². The van der Waals surface area contributed by atoms with Gasteiger partial charge in [-0.15, -0.1) is 11.3 Å². The van der Waals surface area contributed by atoms with Crippen molar-refractivity contribution in [1.29, 1.82) is 0 Å². The fourth-order valence-electron chi connectivity index (χ4n) is 3.55. The first-order valence-corrected chi connectivity index (χ1v) is 10.7. The smallest absolute Gasteiger partial charge is 0.410 e. The first-order chi connectivity index (χ1) is 13.8. The zero-order chi connectivity index (χ0) is 20.6. The molecule has 3 heterocycles. The Labute approximate surface area is 174 Å². The van der Waals surface area contributed by atoms with Crippen molar-refractivity contribution in [3.8, 4) is 0 Å². The SMILES string of the molecule is C[C@@H](Nc1ncnc2sc3c(c12)CCN(C(=O)OC(C)(C)C)C3)c1ccccc1. The molecule has 0 bridgehead atoms. The summed E-state index contributed by atoms with van der Waals surface area (Å²) < 4.78 is 5.54. The molecule has 7 heteroatoms. The van der Waals surface area contributed by atoms with Gasteiger partial charge in [0.05, 0.1) is 11.9 Å². The maximum Gasteiger partial charge on any atom is 0.410 e. The first-order valence-electron chi connectivity index (χ1n) is 9.86. The summed E-state index contributed by atoms with van der Waals surface area (Å²) in [6, 6.07) is 10.5. The quantitative estimate of drug-likeness (QED) is 0.646. The van der Waals surface area contributed by atoms with Gasteiger partial charge >= 0.3 is 6.09 Å². The lowest BCUT2D eigenvalue weighted by atomic mass is 10.0. The average molecular weight is 411 g/mol. The zero-order valence-electron chi connectivity index (χ0n) is 17.2. The maximum absolute atomic E-state index is 12.5. The Bertz CT molecular complexity index is 1030. The number of ether oxygens (including phenoxy) is 1. The lowest BCUT2D eigenvalue weighted by Crippen LogP contribution is -2.39. The van der Waals surface area contributed by atoms with Crippen molar-refractivity contribution in [1.82, 2.24) is 14.9 Å². The monoisotopic (exact) mass is 410 g/mol. The largest absolute Gasteiger partial charge is 0.444 e. The van der Waals surface area contributed by atoms with E-state index in [-0.39, 0.29) is 12.1 Å². The molecule has 0 fully saturated rings. The molecule has 1 N–H and O–H groups in total. The Morgan fingerprint density at radius 2 is 2.00 bits per heavy atom.